The highest BCUT2D eigenvalue weighted by atomic mass is 32.2. The Hall–Kier alpha value is -1.95. The van der Waals surface area contributed by atoms with Crippen LogP contribution in [0.15, 0.2) is 47.4 Å². The summed E-state index contributed by atoms with van der Waals surface area (Å²) in [5.74, 6) is -1.88. The van der Waals surface area contributed by atoms with Crippen molar-refractivity contribution in [2.75, 3.05) is 4.72 Å². The Balaban J connectivity index is 2.29. The summed E-state index contributed by atoms with van der Waals surface area (Å²) in [6.45, 7) is 6.13. The molecule has 2 rings (SSSR count). The lowest BCUT2D eigenvalue weighted by Gasteiger charge is -2.19. The summed E-state index contributed by atoms with van der Waals surface area (Å²) in [7, 11) is -4.04. The van der Waals surface area contributed by atoms with E-state index in [9.17, 15) is 17.2 Å². The average molecular weight is 325 g/mol. The topological polar surface area (TPSA) is 46.2 Å². The van der Waals surface area contributed by atoms with Crippen molar-refractivity contribution >= 4 is 15.7 Å². The van der Waals surface area contributed by atoms with Gasteiger partial charge in [0.05, 0.1) is 4.90 Å². The van der Waals surface area contributed by atoms with Gasteiger partial charge in [-0.1, -0.05) is 32.9 Å². The van der Waals surface area contributed by atoms with Crippen LogP contribution in [-0.2, 0) is 15.4 Å². The first kappa shape index (κ1) is 16.4. The van der Waals surface area contributed by atoms with Crippen molar-refractivity contribution in [2.45, 2.75) is 31.1 Å². The second-order valence-corrected chi connectivity index (χ2v) is 7.72. The van der Waals surface area contributed by atoms with Crippen molar-refractivity contribution in [2.24, 2.45) is 0 Å². The van der Waals surface area contributed by atoms with E-state index < -0.39 is 26.6 Å². The van der Waals surface area contributed by atoms with Gasteiger partial charge in [0.15, 0.2) is 0 Å². The van der Waals surface area contributed by atoms with Gasteiger partial charge >= 0.3 is 0 Å². The van der Waals surface area contributed by atoms with Gasteiger partial charge in [-0.15, -0.1) is 0 Å². The van der Waals surface area contributed by atoms with E-state index in [-0.39, 0.29) is 5.41 Å². The first-order valence-electron chi connectivity index (χ1n) is 6.67. The molecule has 3 nitrogen and oxygen atoms in total. The number of benzene rings is 2. The van der Waals surface area contributed by atoms with Crippen LogP contribution < -0.4 is 4.72 Å². The van der Waals surface area contributed by atoms with Gasteiger partial charge in [-0.2, -0.15) is 0 Å². The molecule has 0 heterocycles. The Morgan fingerprint density at radius 2 is 1.41 bits per heavy atom. The molecule has 0 saturated heterocycles. The van der Waals surface area contributed by atoms with Crippen LogP contribution in [0.1, 0.15) is 26.3 Å². The normalized spacial score (nSPS) is 12.2. The molecule has 0 radical (unpaired) electrons. The second kappa shape index (κ2) is 5.68. The fraction of sp³-hybridized carbons (Fsp3) is 0.250. The standard InChI is InChI=1S/C16H17F2NO2S/c1-16(2,3)11-4-6-14(7-5-11)19-22(20,21)15-9-12(17)8-13(18)10-15/h4-10,19H,1-3H3. The lowest BCUT2D eigenvalue weighted by atomic mass is 9.87. The predicted octanol–water partition coefficient (Wildman–Crippen LogP) is 4.06. The highest BCUT2D eigenvalue weighted by Crippen LogP contribution is 2.24. The molecule has 6 heteroatoms. The first-order valence-corrected chi connectivity index (χ1v) is 8.16. The van der Waals surface area contributed by atoms with E-state index in [1.165, 1.54) is 0 Å². The predicted molar refractivity (Wildman–Crippen MR) is 82.3 cm³/mol. The molecule has 0 spiro atoms. The number of halogens is 2. The molecule has 0 saturated carbocycles. The SMILES string of the molecule is CC(C)(C)c1ccc(NS(=O)(=O)c2cc(F)cc(F)c2)cc1. The van der Waals surface area contributed by atoms with E-state index in [2.05, 4.69) is 4.72 Å². The van der Waals surface area contributed by atoms with Gasteiger partial charge in [0.2, 0.25) is 0 Å². The maximum Gasteiger partial charge on any atom is 0.262 e. The highest BCUT2D eigenvalue weighted by Gasteiger charge is 2.18. The van der Waals surface area contributed by atoms with Crippen molar-refractivity contribution in [3.63, 3.8) is 0 Å². The number of sulfonamides is 1. The molecule has 2 aromatic carbocycles. The highest BCUT2D eigenvalue weighted by molar-refractivity contribution is 7.92. The molecule has 0 fully saturated rings. The van der Waals surface area contributed by atoms with E-state index >= 15 is 0 Å². The van der Waals surface area contributed by atoms with Gasteiger partial charge in [-0.25, -0.2) is 17.2 Å². The average Bonchev–Trinajstić information content (AvgIpc) is 2.36. The molecule has 0 aliphatic rings. The van der Waals surface area contributed by atoms with Gasteiger partial charge in [0.25, 0.3) is 10.0 Å². The monoisotopic (exact) mass is 325 g/mol. The largest absolute Gasteiger partial charge is 0.280 e. The Morgan fingerprint density at radius 1 is 0.909 bits per heavy atom. The quantitative estimate of drug-likeness (QED) is 0.925. The molecule has 0 bridgehead atoms. The van der Waals surface area contributed by atoms with Gasteiger partial charge < -0.3 is 0 Å². The van der Waals surface area contributed by atoms with Crippen LogP contribution in [0.4, 0.5) is 14.5 Å². The van der Waals surface area contributed by atoms with Crippen LogP contribution in [0.25, 0.3) is 0 Å². The van der Waals surface area contributed by atoms with E-state index in [4.69, 9.17) is 0 Å². The first-order chi connectivity index (χ1) is 10.1. The maximum atomic E-state index is 13.1. The maximum absolute atomic E-state index is 13.1. The zero-order chi connectivity index (χ0) is 16.5. The summed E-state index contributed by atoms with van der Waals surface area (Å²) in [5, 5.41) is 0. The lowest BCUT2D eigenvalue weighted by Crippen LogP contribution is -2.14. The van der Waals surface area contributed by atoms with Gasteiger partial charge in [-0.05, 0) is 35.2 Å². The van der Waals surface area contributed by atoms with Crippen molar-refractivity contribution in [3.05, 3.63) is 59.7 Å². The van der Waals surface area contributed by atoms with Crippen LogP contribution in [0.5, 0.6) is 0 Å². The third kappa shape index (κ3) is 3.82. The summed E-state index contributed by atoms with van der Waals surface area (Å²) in [5.41, 5.74) is 1.33. The van der Waals surface area contributed by atoms with Gasteiger partial charge in [0.1, 0.15) is 11.6 Å². The van der Waals surface area contributed by atoms with Crippen molar-refractivity contribution in [1.82, 2.24) is 0 Å². The molecule has 1 N–H and O–H groups in total. The van der Waals surface area contributed by atoms with E-state index in [1.807, 2.05) is 32.9 Å². The smallest absolute Gasteiger partial charge is 0.262 e. The molecule has 0 atom stereocenters. The van der Waals surface area contributed by atoms with Gasteiger partial charge in [0, 0.05) is 11.8 Å². The summed E-state index contributed by atoms with van der Waals surface area (Å²) in [6.07, 6.45) is 0. The Labute approximate surface area is 129 Å². The van der Waals surface area contributed by atoms with E-state index in [1.54, 1.807) is 12.1 Å². The van der Waals surface area contributed by atoms with E-state index in [0.29, 0.717) is 11.8 Å². The molecule has 0 aliphatic carbocycles. The number of hydrogen-bond acceptors (Lipinski definition) is 2. The van der Waals surface area contributed by atoms with Gasteiger partial charge in [-0.3, -0.25) is 4.72 Å². The van der Waals surface area contributed by atoms with Crippen LogP contribution >= 0.6 is 0 Å². The summed E-state index contributed by atoms with van der Waals surface area (Å²) >= 11 is 0. The zero-order valence-corrected chi connectivity index (χ0v) is 13.3. The van der Waals surface area contributed by atoms with Crippen LogP contribution in [-0.4, -0.2) is 8.42 Å². The van der Waals surface area contributed by atoms with Crippen LogP contribution in [0, 0.1) is 11.6 Å². The molecule has 118 valence electrons. The minimum absolute atomic E-state index is 0.0525. The van der Waals surface area contributed by atoms with Crippen LogP contribution in [0.2, 0.25) is 0 Å². The van der Waals surface area contributed by atoms with Crippen molar-refractivity contribution in [1.29, 1.82) is 0 Å². The zero-order valence-electron chi connectivity index (χ0n) is 12.5. The van der Waals surface area contributed by atoms with Crippen LogP contribution in [0.3, 0.4) is 0 Å². The molecule has 0 aromatic heterocycles. The fourth-order valence-electron chi connectivity index (χ4n) is 1.94. The number of nitrogens with one attached hydrogen (secondary N) is 1. The molecule has 0 aliphatic heterocycles. The minimum Gasteiger partial charge on any atom is -0.280 e. The fourth-order valence-corrected chi connectivity index (χ4v) is 3.04. The molecule has 0 unspecified atom stereocenters. The third-order valence-electron chi connectivity index (χ3n) is 3.15. The van der Waals surface area contributed by atoms with Crippen molar-refractivity contribution in [3.8, 4) is 0 Å². The summed E-state index contributed by atoms with van der Waals surface area (Å²) < 4.78 is 52.9. The molecule has 22 heavy (non-hydrogen) atoms. The number of rotatable bonds is 3. The Bertz CT molecular complexity index is 759. The molecular formula is C16H17F2NO2S. The number of anilines is 1. The summed E-state index contributed by atoms with van der Waals surface area (Å²) in [6, 6.07) is 9.02. The Morgan fingerprint density at radius 3 is 1.86 bits per heavy atom. The lowest BCUT2D eigenvalue weighted by molar-refractivity contribution is 0.568. The molecule has 2 aromatic rings. The summed E-state index contributed by atoms with van der Waals surface area (Å²) in [4.78, 5) is -0.454. The molecular weight excluding hydrogens is 308 g/mol. The molecule has 0 amide bonds. The number of hydrogen-bond donors (Lipinski definition) is 1. The minimum atomic E-state index is -4.04. The van der Waals surface area contributed by atoms with E-state index in [0.717, 1.165) is 17.7 Å². The Kier molecular flexibility index (Phi) is 4.24. The van der Waals surface area contributed by atoms with Crippen molar-refractivity contribution < 1.29 is 17.2 Å². The second-order valence-electron chi connectivity index (χ2n) is 6.04. The third-order valence-corrected chi connectivity index (χ3v) is 4.51.